The molecule has 1 aliphatic heterocycles. The third-order valence-electron chi connectivity index (χ3n) is 9.84. The van der Waals surface area contributed by atoms with Crippen molar-refractivity contribution in [3.8, 4) is 0 Å². The minimum atomic E-state index is -0.0125. The largest absolute Gasteiger partial charge is 0.315 e. The van der Waals surface area contributed by atoms with Crippen LogP contribution in [0.1, 0.15) is 65.2 Å². The van der Waals surface area contributed by atoms with Gasteiger partial charge in [0.1, 0.15) is 5.78 Å². The van der Waals surface area contributed by atoms with Gasteiger partial charge in [0.15, 0.2) is 0 Å². The lowest BCUT2D eigenvalue weighted by molar-refractivity contribution is -0.135. The molecule has 2 heteroatoms. The molecule has 27 heavy (non-hydrogen) atoms. The Kier molecular flexibility index (Phi) is 4.24. The van der Waals surface area contributed by atoms with E-state index in [4.69, 9.17) is 0 Å². The van der Waals surface area contributed by atoms with Gasteiger partial charge in [-0.2, -0.15) is 0 Å². The molecule has 148 valence electrons. The third kappa shape index (κ3) is 2.65. The number of nitrogens with one attached hydrogen (secondary N) is 1. The van der Waals surface area contributed by atoms with Crippen molar-refractivity contribution in [2.45, 2.75) is 65.2 Å². The predicted octanol–water partition coefficient (Wildman–Crippen LogP) is 5.16. The van der Waals surface area contributed by atoms with Crippen molar-refractivity contribution in [2.75, 3.05) is 13.1 Å². The molecule has 5 fully saturated rings. The van der Waals surface area contributed by atoms with Gasteiger partial charge in [-0.15, -0.1) is 0 Å². The Balaban J connectivity index is 1.36. The van der Waals surface area contributed by atoms with Crippen LogP contribution in [0.2, 0.25) is 0 Å². The zero-order valence-corrected chi connectivity index (χ0v) is 17.3. The Labute approximate surface area is 165 Å². The minimum absolute atomic E-state index is 0.0125. The maximum atomic E-state index is 12.6. The topological polar surface area (TPSA) is 29.1 Å². The number of fused-ring (bicyclic) bond motifs is 5. The first-order valence-electron chi connectivity index (χ1n) is 11.5. The molecular weight excluding hydrogens is 330 g/mol. The highest BCUT2D eigenvalue weighted by Gasteiger charge is 2.60. The van der Waals surface area contributed by atoms with Crippen LogP contribution in [-0.2, 0) is 4.79 Å². The van der Waals surface area contributed by atoms with Crippen LogP contribution in [0.5, 0.6) is 0 Å². The van der Waals surface area contributed by atoms with E-state index in [1.165, 1.54) is 50.8 Å². The van der Waals surface area contributed by atoms with Crippen molar-refractivity contribution < 1.29 is 4.79 Å². The Morgan fingerprint density at radius 3 is 2.56 bits per heavy atom. The zero-order valence-electron chi connectivity index (χ0n) is 17.3. The molecule has 1 N–H and O–H groups in total. The standard InChI is InChI=1S/C25H37NO/c1-16-12-19-20-6-7-23(27)25(20,3)11-9-21(19)24(2)10-8-17(13-22(16)24)4-5-18-14-26-15-18/h4-5,17-22,26H,1,6-15H2,2-3H3/t17?,19-,20-,21+,22?,24+,25-/m0/s1. The summed E-state index contributed by atoms with van der Waals surface area (Å²) in [7, 11) is 0. The number of carbonyl (C=O) groups is 1. The Bertz CT molecular complexity index is 676. The van der Waals surface area contributed by atoms with Crippen LogP contribution < -0.4 is 5.32 Å². The zero-order chi connectivity index (χ0) is 18.8. The van der Waals surface area contributed by atoms with Crippen LogP contribution in [0.15, 0.2) is 24.3 Å². The highest BCUT2D eigenvalue weighted by atomic mass is 16.1. The van der Waals surface area contributed by atoms with Gasteiger partial charge in [-0.3, -0.25) is 4.79 Å². The normalized spacial score (nSPS) is 50.2. The molecule has 0 aromatic carbocycles. The van der Waals surface area contributed by atoms with Gasteiger partial charge in [-0.25, -0.2) is 0 Å². The molecule has 5 aliphatic rings. The molecule has 7 atom stereocenters. The summed E-state index contributed by atoms with van der Waals surface area (Å²) >= 11 is 0. The molecule has 1 heterocycles. The van der Waals surface area contributed by atoms with Crippen LogP contribution in [-0.4, -0.2) is 18.9 Å². The first kappa shape index (κ1) is 18.2. The Morgan fingerprint density at radius 2 is 1.81 bits per heavy atom. The number of allylic oxidation sites excluding steroid dienone is 2. The summed E-state index contributed by atoms with van der Waals surface area (Å²) in [4.78, 5) is 12.6. The van der Waals surface area contributed by atoms with Crippen molar-refractivity contribution in [1.82, 2.24) is 5.32 Å². The second kappa shape index (κ2) is 6.31. The fourth-order valence-electron chi connectivity index (χ4n) is 7.98. The Hall–Kier alpha value is -0.890. The molecule has 5 rings (SSSR count). The lowest BCUT2D eigenvalue weighted by Gasteiger charge is -2.60. The fraction of sp³-hybridized carbons (Fsp3) is 0.800. The second-order valence-electron chi connectivity index (χ2n) is 11.1. The third-order valence-corrected chi connectivity index (χ3v) is 9.84. The molecule has 4 aliphatic carbocycles. The molecule has 0 radical (unpaired) electrons. The average Bonchev–Trinajstić information content (AvgIpc) is 2.90. The number of hydrogen-bond acceptors (Lipinski definition) is 2. The highest BCUT2D eigenvalue weighted by molar-refractivity contribution is 5.87. The summed E-state index contributed by atoms with van der Waals surface area (Å²) in [6.45, 7) is 11.8. The smallest absolute Gasteiger partial charge is 0.139 e. The van der Waals surface area contributed by atoms with E-state index in [1.54, 1.807) is 0 Å². The van der Waals surface area contributed by atoms with Crippen molar-refractivity contribution >= 4 is 5.78 Å². The van der Waals surface area contributed by atoms with Gasteiger partial charge < -0.3 is 5.32 Å². The first-order chi connectivity index (χ1) is 12.9. The van der Waals surface area contributed by atoms with Crippen LogP contribution in [0.4, 0.5) is 0 Å². The molecule has 0 bridgehead atoms. The maximum Gasteiger partial charge on any atom is 0.139 e. The quantitative estimate of drug-likeness (QED) is 0.683. The molecule has 0 aromatic heterocycles. The molecule has 0 amide bonds. The molecule has 2 nitrogen and oxygen atoms in total. The monoisotopic (exact) mass is 367 g/mol. The summed E-state index contributed by atoms with van der Waals surface area (Å²) < 4.78 is 0. The van der Waals surface area contributed by atoms with E-state index in [2.05, 4.69) is 37.9 Å². The number of ketones is 1. The van der Waals surface area contributed by atoms with E-state index in [0.29, 0.717) is 23.0 Å². The molecule has 2 unspecified atom stereocenters. The van der Waals surface area contributed by atoms with Crippen LogP contribution in [0.3, 0.4) is 0 Å². The predicted molar refractivity (Wildman–Crippen MR) is 110 cm³/mol. The van der Waals surface area contributed by atoms with Gasteiger partial charge in [0.05, 0.1) is 0 Å². The number of hydrogen-bond donors (Lipinski definition) is 1. The molecule has 0 spiro atoms. The molecular formula is C25H37NO. The first-order valence-corrected chi connectivity index (χ1v) is 11.5. The average molecular weight is 368 g/mol. The van der Waals surface area contributed by atoms with Crippen LogP contribution >= 0.6 is 0 Å². The number of rotatable bonds is 2. The van der Waals surface area contributed by atoms with Crippen molar-refractivity contribution in [3.63, 3.8) is 0 Å². The van der Waals surface area contributed by atoms with E-state index in [9.17, 15) is 4.79 Å². The van der Waals surface area contributed by atoms with Gasteiger partial charge in [-0.05, 0) is 80.0 Å². The lowest BCUT2D eigenvalue weighted by atomic mass is 9.44. The number of Topliss-reactive ketones (excluding diaryl/α,β-unsaturated/α-hetero) is 1. The fourth-order valence-corrected chi connectivity index (χ4v) is 7.98. The summed E-state index contributed by atoms with van der Waals surface area (Å²) in [5, 5.41) is 3.37. The van der Waals surface area contributed by atoms with Crippen molar-refractivity contribution in [3.05, 3.63) is 24.3 Å². The van der Waals surface area contributed by atoms with Gasteiger partial charge in [0.25, 0.3) is 0 Å². The Morgan fingerprint density at radius 1 is 1.04 bits per heavy atom. The van der Waals surface area contributed by atoms with E-state index in [-0.39, 0.29) is 5.41 Å². The highest BCUT2D eigenvalue weighted by Crippen LogP contribution is 2.66. The van der Waals surface area contributed by atoms with E-state index in [1.807, 2.05) is 0 Å². The van der Waals surface area contributed by atoms with Gasteiger partial charge in [0, 0.05) is 30.8 Å². The van der Waals surface area contributed by atoms with Crippen molar-refractivity contribution in [2.24, 2.45) is 46.3 Å². The summed E-state index contributed by atoms with van der Waals surface area (Å²) in [5.74, 6) is 4.94. The van der Waals surface area contributed by atoms with Crippen LogP contribution in [0, 0.1) is 46.3 Å². The summed E-state index contributed by atoms with van der Waals surface area (Å²) in [6, 6.07) is 0. The second-order valence-corrected chi connectivity index (χ2v) is 11.1. The summed E-state index contributed by atoms with van der Waals surface area (Å²) in [5.41, 5.74) is 1.93. The number of carbonyl (C=O) groups excluding carboxylic acids is 1. The lowest BCUT2D eigenvalue weighted by Crippen LogP contribution is -2.54. The molecule has 4 saturated carbocycles. The van der Waals surface area contributed by atoms with Crippen LogP contribution in [0.25, 0.3) is 0 Å². The van der Waals surface area contributed by atoms with Crippen molar-refractivity contribution in [1.29, 1.82) is 0 Å². The van der Waals surface area contributed by atoms with Gasteiger partial charge >= 0.3 is 0 Å². The van der Waals surface area contributed by atoms with E-state index in [0.717, 1.165) is 42.9 Å². The van der Waals surface area contributed by atoms with E-state index >= 15 is 0 Å². The summed E-state index contributed by atoms with van der Waals surface area (Å²) in [6.07, 6.45) is 14.6. The SMILES string of the molecule is C=C1C[C@@H]2[C@@H](CC[C@]3(C)C(=O)CC[C@@H]23)[C@@]2(C)CCC(C=CC3CNC3)CC12. The minimum Gasteiger partial charge on any atom is -0.315 e. The maximum absolute atomic E-state index is 12.6. The van der Waals surface area contributed by atoms with E-state index < -0.39 is 0 Å². The van der Waals surface area contributed by atoms with Gasteiger partial charge in [0.2, 0.25) is 0 Å². The molecule has 0 aromatic rings. The molecule has 1 saturated heterocycles. The van der Waals surface area contributed by atoms with Gasteiger partial charge in [-0.1, -0.05) is 38.2 Å².